The van der Waals surface area contributed by atoms with Gasteiger partial charge in [0.25, 0.3) is 0 Å². The van der Waals surface area contributed by atoms with Crippen molar-refractivity contribution in [2.24, 2.45) is 0 Å². The topological polar surface area (TPSA) is 29.5 Å². The Labute approximate surface area is 154 Å². The first kappa shape index (κ1) is 17.5. The average molecular weight is 343 g/mol. The van der Waals surface area contributed by atoms with Crippen LogP contribution in [0.3, 0.4) is 0 Å². The minimum atomic E-state index is -0.381. The monoisotopic (exact) mass is 343 g/mol. The number of carbonyl (C=O) groups excluding carboxylic acids is 1. The number of carbonyl (C=O) groups is 1. The zero-order chi connectivity index (χ0) is 18.4. The lowest BCUT2D eigenvalue weighted by Crippen LogP contribution is -2.26. The normalized spacial score (nSPS) is 10.2. The molecule has 0 N–H and O–H groups in total. The van der Waals surface area contributed by atoms with Crippen LogP contribution in [0.15, 0.2) is 85.4 Å². The molecule has 3 heteroatoms. The Morgan fingerprint density at radius 1 is 0.962 bits per heavy atom. The molecule has 3 rings (SSSR count). The zero-order valence-electron chi connectivity index (χ0n) is 14.8. The second-order valence-corrected chi connectivity index (χ2v) is 5.98. The minimum Gasteiger partial charge on any atom is -0.444 e. The van der Waals surface area contributed by atoms with E-state index < -0.39 is 0 Å². The molecule has 26 heavy (non-hydrogen) atoms. The maximum Gasteiger partial charge on any atom is 0.414 e. The van der Waals surface area contributed by atoms with Gasteiger partial charge < -0.3 is 4.74 Å². The van der Waals surface area contributed by atoms with Crippen molar-refractivity contribution in [3.05, 3.63) is 96.6 Å². The van der Waals surface area contributed by atoms with E-state index in [1.165, 1.54) is 4.90 Å². The second-order valence-electron chi connectivity index (χ2n) is 5.98. The number of anilines is 1. The Morgan fingerprint density at radius 3 is 2.38 bits per heavy atom. The number of hydrogen-bond donors (Lipinski definition) is 0. The van der Waals surface area contributed by atoms with Gasteiger partial charge in [0, 0.05) is 12.7 Å². The van der Waals surface area contributed by atoms with Crippen LogP contribution in [-0.2, 0) is 11.3 Å². The van der Waals surface area contributed by atoms with Crippen molar-refractivity contribution in [1.82, 2.24) is 0 Å². The van der Waals surface area contributed by atoms with E-state index in [0.29, 0.717) is 0 Å². The fourth-order valence-electron chi connectivity index (χ4n) is 2.63. The van der Waals surface area contributed by atoms with Gasteiger partial charge in [0.15, 0.2) is 0 Å². The first-order chi connectivity index (χ1) is 12.7. The maximum absolute atomic E-state index is 12.3. The van der Waals surface area contributed by atoms with Gasteiger partial charge in [-0.15, -0.1) is 0 Å². The maximum atomic E-state index is 12.3. The summed E-state index contributed by atoms with van der Waals surface area (Å²) < 4.78 is 5.40. The van der Waals surface area contributed by atoms with Gasteiger partial charge in [-0.3, -0.25) is 4.90 Å². The number of nitrogens with zero attached hydrogens (tertiary/aromatic N) is 1. The van der Waals surface area contributed by atoms with Crippen LogP contribution >= 0.6 is 0 Å². The van der Waals surface area contributed by atoms with Crippen molar-refractivity contribution in [2.45, 2.75) is 6.61 Å². The van der Waals surface area contributed by atoms with Crippen molar-refractivity contribution in [2.75, 3.05) is 11.9 Å². The summed E-state index contributed by atoms with van der Waals surface area (Å²) in [6.45, 7) is 4.03. The van der Waals surface area contributed by atoms with Crippen molar-refractivity contribution in [3.8, 4) is 11.1 Å². The van der Waals surface area contributed by atoms with Gasteiger partial charge in [0.05, 0.1) is 0 Å². The van der Waals surface area contributed by atoms with Crippen molar-refractivity contribution in [3.63, 3.8) is 0 Å². The van der Waals surface area contributed by atoms with E-state index >= 15 is 0 Å². The average Bonchev–Trinajstić information content (AvgIpc) is 2.72. The zero-order valence-corrected chi connectivity index (χ0v) is 14.8. The molecule has 0 aliphatic rings. The SMILES string of the molecule is C=Cc1ccc(-c2cccc(N(C)C(=O)OCc3ccccc3)c2)cc1. The highest BCUT2D eigenvalue weighted by Crippen LogP contribution is 2.25. The van der Waals surface area contributed by atoms with Gasteiger partial charge in [0.2, 0.25) is 0 Å². The molecule has 130 valence electrons. The summed E-state index contributed by atoms with van der Waals surface area (Å²) in [5.41, 5.74) is 4.95. The van der Waals surface area contributed by atoms with E-state index in [9.17, 15) is 4.79 Å². The lowest BCUT2D eigenvalue weighted by Gasteiger charge is -2.18. The van der Waals surface area contributed by atoms with Crippen molar-refractivity contribution in [1.29, 1.82) is 0 Å². The van der Waals surface area contributed by atoms with Crippen LogP contribution in [0.1, 0.15) is 11.1 Å². The van der Waals surface area contributed by atoms with Crippen LogP contribution in [0, 0.1) is 0 Å². The summed E-state index contributed by atoms with van der Waals surface area (Å²) >= 11 is 0. The third-order valence-electron chi connectivity index (χ3n) is 4.19. The summed E-state index contributed by atoms with van der Waals surface area (Å²) in [6.07, 6.45) is 1.43. The summed E-state index contributed by atoms with van der Waals surface area (Å²) in [7, 11) is 1.72. The lowest BCUT2D eigenvalue weighted by atomic mass is 10.0. The Balaban J connectivity index is 1.71. The molecule has 0 saturated carbocycles. The van der Waals surface area contributed by atoms with Gasteiger partial charge >= 0.3 is 6.09 Å². The Bertz CT molecular complexity index is 886. The van der Waals surface area contributed by atoms with Gasteiger partial charge in [-0.05, 0) is 34.4 Å². The number of rotatable bonds is 5. The van der Waals surface area contributed by atoms with Gasteiger partial charge in [0.1, 0.15) is 6.61 Å². The van der Waals surface area contributed by atoms with Gasteiger partial charge in [-0.2, -0.15) is 0 Å². The highest BCUT2D eigenvalue weighted by atomic mass is 16.6. The van der Waals surface area contributed by atoms with E-state index in [1.54, 1.807) is 7.05 Å². The Kier molecular flexibility index (Phi) is 5.49. The van der Waals surface area contributed by atoms with Crippen LogP contribution < -0.4 is 4.90 Å². The number of amides is 1. The third kappa shape index (κ3) is 4.19. The summed E-state index contributed by atoms with van der Waals surface area (Å²) in [5.74, 6) is 0. The van der Waals surface area contributed by atoms with Crippen LogP contribution in [-0.4, -0.2) is 13.1 Å². The van der Waals surface area contributed by atoms with Crippen LogP contribution in [0.5, 0.6) is 0 Å². The second kappa shape index (κ2) is 8.17. The summed E-state index contributed by atoms with van der Waals surface area (Å²) in [6, 6.07) is 25.6. The molecule has 3 aromatic rings. The van der Waals surface area contributed by atoms with E-state index in [-0.39, 0.29) is 12.7 Å². The first-order valence-corrected chi connectivity index (χ1v) is 8.45. The number of benzene rings is 3. The largest absolute Gasteiger partial charge is 0.444 e. The molecular formula is C23H21NO2. The smallest absolute Gasteiger partial charge is 0.414 e. The van der Waals surface area contributed by atoms with Crippen LogP contribution in [0.4, 0.5) is 10.5 Å². The molecule has 0 radical (unpaired) electrons. The molecule has 0 spiro atoms. The van der Waals surface area contributed by atoms with Crippen LogP contribution in [0.2, 0.25) is 0 Å². The van der Waals surface area contributed by atoms with E-state index in [2.05, 4.69) is 6.58 Å². The standard InChI is InChI=1S/C23H21NO2/c1-3-18-12-14-20(15-13-18)21-10-7-11-22(16-21)24(2)23(25)26-17-19-8-5-4-6-9-19/h3-16H,1,17H2,2H3. The molecule has 3 aromatic carbocycles. The molecular weight excluding hydrogens is 322 g/mol. The molecule has 0 fully saturated rings. The summed E-state index contributed by atoms with van der Waals surface area (Å²) in [4.78, 5) is 13.9. The molecule has 0 unspecified atom stereocenters. The number of ether oxygens (including phenoxy) is 1. The fraction of sp³-hybridized carbons (Fsp3) is 0.0870. The van der Waals surface area contributed by atoms with E-state index in [1.807, 2.05) is 84.9 Å². The minimum absolute atomic E-state index is 0.257. The molecule has 0 saturated heterocycles. The predicted molar refractivity (Wildman–Crippen MR) is 107 cm³/mol. The molecule has 0 atom stereocenters. The quantitative estimate of drug-likeness (QED) is 0.588. The third-order valence-corrected chi connectivity index (χ3v) is 4.19. The van der Waals surface area contributed by atoms with Gasteiger partial charge in [-0.1, -0.05) is 79.4 Å². The molecule has 0 aliphatic heterocycles. The number of hydrogen-bond acceptors (Lipinski definition) is 2. The van der Waals surface area contributed by atoms with Crippen LogP contribution in [0.25, 0.3) is 17.2 Å². The molecule has 1 amide bonds. The molecule has 0 aliphatic carbocycles. The Morgan fingerprint density at radius 2 is 1.69 bits per heavy atom. The van der Waals surface area contributed by atoms with Gasteiger partial charge in [-0.25, -0.2) is 4.79 Å². The summed E-state index contributed by atoms with van der Waals surface area (Å²) in [5, 5.41) is 0. The Hall–Kier alpha value is -3.33. The molecule has 0 heterocycles. The van der Waals surface area contributed by atoms with Crippen molar-refractivity contribution < 1.29 is 9.53 Å². The lowest BCUT2D eigenvalue weighted by molar-refractivity contribution is 0.148. The predicted octanol–water partition coefficient (Wildman–Crippen LogP) is 5.77. The first-order valence-electron chi connectivity index (χ1n) is 8.45. The molecule has 0 bridgehead atoms. The highest BCUT2D eigenvalue weighted by Gasteiger charge is 2.13. The molecule has 0 aromatic heterocycles. The molecule has 3 nitrogen and oxygen atoms in total. The van der Waals surface area contributed by atoms with E-state index in [4.69, 9.17) is 4.74 Å². The fourth-order valence-corrected chi connectivity index (χ4v) is 2.63. The van der Waals surface area contributed by atoms with E-state index in [0.717, 1.165) is 27.9 Å². The highest BCUT2D eigenvalue weighted by molar-refractivity contribution is 5.88. The van der Waals surface area contributed by atoms with Crippen molar-refractivity contribution >= 4 is 17.9 Å².